The summed E-state index contributed by atoms with van der Waals surface area (Å²) in [5.74, 6) is 0. The van der Waals surface area contributed by atoms with Gasteiger partial charge in [-0.1, -0.05) is 12.2 Å². The SMILES string of the molecule is COCCN(C)c1cnn(CC2(CC(N)=S)CC2)c(=O)c1. The number of methoxy groups -OCH3 is 1. The van der Waals surface area contributed by atoms with Crippen LogP contribution in [0.2, 0.25) is 0 Å². The van der Waals surface area contributed by atoms with Gasteiger partial charge in [-0.25, -0.2) is 4.68 Å². The molecule has 0 aromatic carbocycles. The molecule has 0 bridgehead atoms. The number of rotatable bonds is 8. The van der Waals surface area contributed by atoms with E-state index >= 15 is 0 Å². The Bertz CT molecular complexity index is 568. The van der Waals surface area contributed by atoms with E-state index in [-0.39, 0.29) is 11.0 Å². The Balaban J connectivity index is 2.06. The molecule has 2 N–H and O–H groups in total. The average molecular weight is 310 g/mol. The zero-order valence-corrected chi connectivity index (χ0v) is 13.4. The molecule has 2 rings (SSSR count). The van der Waals surface area contributed by atoms with Crippen LogP contribution in [0.5, 0.6) is 0 Å². The fourth-order valence-electron chi connectivity index (χ4n) is 2.36. The molecule has 0 saturated heterocycles. The number of nitrogens with two attached hydrogens (primary N) is 1. The lowest BCUT2D eigenvalue weighted by molar-refractivity contribution is 0.206. The van der Waals surface area contributed by atoms with Crippen molar-refractivity contribution in [3.05, 3.63) is 22.6 Å². The monoisotopic (exact) mass is 310 g/mol. The third-order valence-electron chi connectivity index (χ3n) is 3.92. The minimum absolute atomic E-state index is 0.0477. The minimum atomic E-state index is -0.0917. The van der Waals surface area contributed by atoms with E-state index in [1.54, 1.807) is 19.4 Å². The van der Waals surface area contributed by atoms with Gasteiger partial charge < -0.3 is 15.4 Å². The van der Waals surface area contributed by atoms with Crippen molar-refractivity contribution < 1.29 is 4.74 Å². The van der Waals surface area contributed by atoms with Crippen LogP contribution in [-0.2, 0) is 11.3 Å². The molecule has 7 heteroatoms. The van der Waals surface area contributed by atoms with Crippen LogP contribution < -0.4 is 16.2 Å². The van der Waals surface area contributed by atoms with Crippen molar-refractivity contribution in [3.8, 4) is 0 Å². The second kappa shape index (κ2) is 6.53. The normalized spacial score (nSPS) is 15.7. The summed E-state index contributed by atoms with van der Waals surface area (Å²) in [5.41, 5.74) is 6.38. The van der Waals surface area contributed by atoms with E-state index in [0.29, 0.717) is 31.1 Å². The van der Waals surface area contributed by atoms with Crippen molar-refractivity contribution in [2.75, 3.05) is 32.2 Å². The summed E-state index contributed by atoms with van der Waals surface area (Å²) in [6.45, 7) is 1.91. The van der Waals surface area contributed by atoms with Crippen molar-refractivity contribution in [2.45, 2.75) is 25.8 Å². The Hall–Kier alpha value is -1.47. The molecule has 6 nitrogen and oxygen atoms in total. The molecule has 0 radical (unpaired) electrons. The second-order valence-electron chi connectivity index (χ2n) is 5.77. The number of ether oxygens (including phenoxy) is 1. The maximum atomic E-state index is 12.2. The average Bonchev–Trinajstić information content (AvgIpc) is 3.17. The van der Waals surface area contributed by atoms with Crippen LogP contribution in [0.3, 0.4) is 0 Å². The zero-order chi connectivity index (χ0) is 15.5. The molecule has 1 heterocycles. The van der Waals surface area contributed by atoms with Crippen molar-refractivity contribution in [3.63, 3.8) is 0 Å². The van der Waals surface area contributed by atoms with E-state index in [4.69, 9.17) is 22.7 Å². The third kappa shape index (κ3) is 4.25. The first-order valence-corrected chi connectivity index (χ1v) is 7.42. The maximum absolute atomic E-state index is 12.2. The van der Waals surface area contributed by atoms with Crippen molar-refractivity contribution in [1.82, 2.24) is 9.78 Å². The topological polar surface area (TPSA) is 73.4 Å². The van der Waals surface area contributed by atoms with E-state index in [0.717, 1.165) is 18.5 Å². The fraction of sp³-hybridized carbons (Fsp3) is 0.643. The molecule has 0 atom stereocenters. The lowest BCUT2D eigenvalue weighted by Gasteiger charge is -2.19. The Kier molecular flexibility index (Phi) is 4.95. The van der Waals surface area contributed by atoms with E-state index < -0.39 is 0 Å². The van der Waals surface area contributed by atoms with Crippen LogP contribution in [0.25, 0.3) is 0 Å². The van der Waals surface area contributed by atoms with Gasteiger partial charge in [0.05, 0.1) is 30.0 Å². The second-order valence-corrected chi connectivity index (χ2v) is 6.29. The Morgan fingerprint density at radius 3 is 2.86 bits per heavy atom. The summed E-state index contributed by atoms with van der Waals surface area (Å²) in [6, 6.07) is 1.61. The van der Waals surface area contributed by atoms with Gasteiger partial charge in [0, 0.05) is 33.2 Å². The predicted molar refractivity (Wildman–Crippen MR) is 86.7 cm³/mol. The summed E-state index contributed by atoms with van der Waals surface area (Å²) >= 11 is 4.98. The zero-order valence-electron chi connectivity index (χ0n) is 12.5. The van der Waals surface area contributed by atoms with Crippen LogP contribution in [0.15, 0.2) is 17.1 Å². The molecule has 21 heavy (non-hydrogen) atoms. The molecule has 1 aromatic rings. The summed E-state index contributed by atoms with van der Waals surface area (Å²) in [7, 11) is 3.57. The first-order valence-electron chi connectivity index (χ1n) is 7.01. The Morgan fingerprint density at radius 1 is 1.62 bits per heavy atom. The summed E-state index contributed by atoms with van der Waals surface area (Å²) in [4.78, 5) is 14.6. The minimum Gasteiger partial charge on any atom is -0.393 e. The first-order chi connectivity index (χ1) is 9.96. The number of aromatic nitrogens is 2. The molecule has 1 fully saturated rings. The van der Waals surface area contributed by atoms with E-state index in [1.807, 2.05) is 11.9 Å². The van der Waals surface area contributed by atoms with E-state index in [1.165, 1.54) is 4.68 Å². The fourth-order valence-corrected chi connectivity index (χ4v) is 2.67. The van der Waals surface area contributed by atoms with E-state index in [2.05, 4.69) is 5.10 Å². The number of hydrogen-bond acceptors (Lipinski definition) is 5. The molecule has 0 spiro atoms. The van der Waals surface area contributed by atoms with Crippen LogP contribution in [0.1, 0.15) is 19.3 Å². The van der Waals surface area contributed by atoms with Crippen LogP contribution in [0, 0.1) is 5.41 Å². The van der Waals surface area contributed by atoms with Gasteiger partial charge in [0.2, 0.25) is 0 Å². The first kappa shape index (κ1) is 15.9. The van der Waals surface area contributed by atoms with Gasteiger partial charge in [-0.3, -0.25) is 4.79 Å². The highest BCUT2D eigenvalue weighted by Gasteiger charge is 2.43. The van der Waals surface area contributed by atoms with Gasteiger partial charge in [0.25, 0.3) is 5.56 Å². The van der Waals surface area contributed by atoms with Gasteiger partial charge in [-0.15, -0.1) is 0 Å². The Labute approximate surface area is 129 Å². The number of nitrogens with zero attached hydrogens (tertiary/aromatic N) is 3. The Morgan fingerprint density at radius 2 is 2.33 bits per heavy atom. The molecule has 1 aromatic heterocycles. The molecular formula is C14H22N4O2S. The summed E-state index contributed by atoms with van der Waals surface area (Å²) in [6.07, 6.45) is 4.50. The van der Waals surface area contributed by atoms with Crippen LogP contribution in [-0.4, -0.2) is 42.1 Å². The van der Waals surface area contributed by atoms with Crippen LogP contribution >= 0.6 is 12.2 Å². The van der Waals surface area contributed by atoms with Crippen molar-refractivity contribution in [2.24, 2.45) is 11.1 Å². The predicted octanol–water partition coefficient (Wildman–Crippen LogP) is 0.782. The highest BCUT2D eigenvalue weighted by atomic mass is 32.1. The molecule has 0 aliphatic heterocycles. The van der Waals surface area contributed by atoms with E-state index in [9.17, 15) is 4.79 Å². The van der Waals surface area contributed by atoms with Gasteiger partial charge in [0.1, 0.15) is 0 Å². The number of thiocarbonyl (C=S) groups is 1. The molecular weight excluding hydrogens is 288 g/mol. The smallest absolute Gasteiger partial charge is 0.268 e. The van der Waals surface area contributed by atoms with Gasteiger partial charge >= 0.3 is 0 Å². The lowest BCUT2D eigenvalue weighted by atomic mass is 10.0. The van der Waals surface area contributed by atoms with Crippen LogP contribution in [0.4, 0.5) is 5.69 Å². The number of anilines is 1. The number of hydrogen-bond donors (Lipinski definition) is 1. The standard InChI is InChI=1S/C14H22N4O2S/c1-17(5-6-20-2)11-7-13(19)18(16-9-11)10-14(3-4-14)8-12(15)21/h7,9H,3-6,8,10H2,1-2H3,(H2,15,21). The quantitative estimate of drug-likeness (QED) is 0.716. The molecule has 0 amide bonds. The summed E-state index contributed by atoms with van der Waals surface area (Å²) in [5, 5.41) is 4.28. The molecule has 1 aliphatic rings. The maximum Gasteiger partial charge on any atom is 0.268 e. The highest BCUT2D eigenvalue weighted by Crippen LogP contribution is 2.49. The largest absolute Gasteiger partial charge is 0.393 e. The lowest BCUT2D eigenvalue weighted by Crippen LogP contribution is -2.30. The number of likely N-dealkylation sites (N-methyl/N-ethyl adjacent to an activating group) is 1. The van der Waals surface area contributed by atoms with Gasteiger partial charge in [0.15, 0.2) is 0 Å². The molecule has 1 aliphatic carbocycles. The van der Waals surface area contributed by atoms with Gasteiger partial charge in [-0.05, 0) is 18.3 Å². The highest BCUT2D eigenvalue weighted by molar-refractivity contribution is 7.80. The molecule has 116 valence electrons. The third-order valence-corrected chi connectivity index (χ3v) is 4.06. The van der Waals surface area contributed by atoms with Gasteiger partial charge in [-0.2, -0.15) is 5.10 Å². The van der Waals surface area contributed by atoms with Crippen molar-refractivity contribution >= 4 is 22.9 Å². The summed E-state index contributed by atoms with van der Waals surface area (Å²) < 4.78 is 6.54. The van der Waals surface area contributed by atoms with Crippen molar-refractivity contribution in [1.29, 1.82) is 0 Å². The molecule has 0 unspecified atom stereocenters. The molecule has 1 saturated carbocycles.